The molecule has 1 saturated heterocycles. The Hall–Kier alpha value is -0.860. The first-order valence-electron chi connectivity index (χ1n) is 7.93. The molecule has 3 unspecified atom stereocenters. The van der Waals surface area contributed by atoms with Crippen LogP contribution < -0.4 is 5.32 Å². The zero-order valence-corrected chi connectivity index (χ0v) is 13.6. The second-order valence-electron chi connectivity index (χ2n) is 6.85. The van der Waals surface area contributed by atoms with E-state index >= 15 is 0 Å². The van der Waals surface area contributed by atoms with E-state index in [9.17, 15) is 0 Å². The molecular weight excluding hydrogens is 246 g/mol. The molecule has 0 saturated carbocycles. The molecule has 0 aromatic heterocycles. The lowest BCUT2D eigenvalue weighted by Crippen LogP contribution is -2.53. The van der Waals surface area contributed by atoms with Gasteiger partial charge in [-0.05, 0) is 43.7 Å². The van der Waals surface area contributed by atoms with Gasteiger partial charge in [0.25, 0.3) is 0 Å². The molecule has 3 atom stereocenters. The number of aryl methyl sites for hydroxylation is 1. The highest BCUT2D eigenvalue weighted by Gasteiger charge is 2.37. The second-order valence-corrected chi connectivity index (χ2v) is 6.85. The second kappa shape index (κ2) is 6.28. The Morgan fingerprint density at radius 2 is 1.95 bits per heavy atom. The summed E-state index contributed by atoms with van der Waals surface area (Å²) in [6, 6.07) is 9.26. The van der Waals surface area contributed by atoms with Crippen LogP contribution in [0.1, 0.15) is 58.3 Å². The van der Waals surface area contributed by atoms with Crippen molar-refractivity contribution in [3.63, 3.8) is 0 Å². The predicted octanol–water partition coefficient (Wildman–Crippen LogP) is 4.10. The van der Waals surface area contributed by atoms with E-state index in [4.69, 9.17) is 4.74 Å². The molecule has 20 heavy (non-hydrogen) atoms. The van der Waals surface area contributed by atoms with Crippen LogP contribution in [0.4, 0.5) is 0 Å². The van der Waals surface area contributed by atoms with E-state index in [-0.39, 0.29) is 11.7 Å². The molecule has 1 heterocycles. The van der Waals surface area contributed by atoms with E-state index < -0.39 is 0 Å². The summed E-state index contributed by atoms with van der Waals surface area (Å²) in [5.74, 6) is 0.651. The van der Waals surface area contributed by atoms with E-state index in [2.05, 4.69) is 64.2 Å². The van der Waals surface area contributed by atoms with Crippen LogP contribution in [0.2, 0.25) is 0 Å². The molecule has 0 spiro atoms. The minimum absolute atomic E-state index is 0.0607. The van der Waals surface area contributed by atoms with Gasteiger partial charge in [0.05, 0.1) is 11.7 Å². The zero-order chi connectivity index (χ0) is 14.8. The molecule has 1 aliphatic rings. The zero-order valence-electron chi connectivity index (χ0n) is 13.6. The van der Waals surface area contributed by atoms with Crippen LogP contribution >= 0.6 is 0 Å². The van der Waals surface area contributed by atoms with Crippen LogP contribution in [0.3, 0.4) is 0 Å². The number of morpholine rings is 1. The predicted molar refractivity (Wildman–Crippen MR) is 85.0 cm³/mol. The molecule has 0 bridgehead atoms. The van der Waals surface area contributed by atoms with Crippen molar-refractivity contribution in [2.24, 2.45) is 5.92 Å². The van der Waals surface area contributed by atoms with Gasteiger partial charge in [0, 0.05) is 12.6 Å². The summed E-state index contributed by atoms with van der Waals surface area (Å²) < 4.78 is 6.49. The van der Waals surface area contributed by atoms with Crippen molar-refractivity contribution in [3.8, 4) is 0 Å². The fourth-order valence-corrected chi connectivity index (χ4v) is 3.22. The quantitative estimate of drug-likeness (QED) is 0.893. The molecule has 0 radical (unpaired) electrons. The highest BCUT2D eigenvalue weighted by atomic mass is 16.5. The minimum Gasteiger partial charge on any atom is -0.364 e. The van der Waals surface area contributed by atoms with Crippen LogP contribution in [0.25, 0.3) is 0 Å². The van der Waals surface area contributed by atoms with Gasteiger partial charge in [-0.2, -0.15) is 0 Å². The summed E-state index contributed by atoms with van der Waals surface area (Å²) in [6.45, 7) is 12.1. The lowest BCUT2D eigenvalue weighted by atomic mass is 9.89. The van der Waals surface area contributed by atoms with E-state index in [1.165, 1.54) is 11.1 Å². The highest BCUT2D eigenvalue weighted by molar-refractivity contribution is 5.25. The fourth-order valence-electron chi connectivity index (χ4n) is 3.22. The Labute approximate surface area is 123 Å². The molecule has 1 aliphatic heterocycles. The summed E-state index contributed by atoms with van der Waals surface area (Å²) in [5, 5.41) is 3.63. The number of nitrogens with one attached hydrogen (secondary N) is 1. The highest BCUT2D eigenvalue weighted by Crippen LogP contribution is 2.34. The SMILES string of the molecule is CCc1ccc(C2OC(C)(CC(C)C)CNC2C)cc1. The monoisotopic (exact) mass is 275 g/mol. The summed E-state index contributed by atoms with van der Waals surface area (Å²) in [7, 11) is 0. The van der Waals surface area contributed by atoms with Gasteiger partial charge in [0.2, 0.25) is 0 Å². The standard InChI is InChI=1S/C18H29NO/c1-6-15-7-9-16(10-8-15)17-14(4)19-12-18(5,20-17)11-13(2)3/h7-10,13-14,17,19H,6,11-12H2,1-5H3. The van der Waals surface area contributed by atoms with Crippen LogP contribution in [0.5, 0.6) is 0 Å². The number of ether oxygens (including phenoxy) is 1. The maximum absolute atomic E-state index is 6.49. The number of hydrogen-bond acceptors (Lipinski definition) is 2. The van der Waals surface area contributed by atoms with Crippen LogP contribution in [-0.4, -0.2) is 18.2 Å². The summed E-state index contributed by atoms with van der Waals surface area (Å²) in [6.07, 6.45) is 2.33. The van der Waals surface area contributed by atoms with Crippen LogP contribution in [-0.2, 0) is 11.2 Å². The molecule has 1 N–H and O–H groups in total. The summed E-state index contributed by atoms with van der Waals surface area (Å²) in [4.78, 5) is 0. The van der Waals surface area contributed by atoms with Crippen molar-refractivity contribution in [2.75, 3.05) is 6.54 Å². The third kappa shape index (κ3) is 3.62. The van der Waals surface area contributed by atoms with E-state index in [1.54, 1.807) is 0 Å². The Balaban J connectivity index is 2.15. The van der Waals surface area contributed by atoms with Crippen molar-refractivity contribution in [3.05, 3.63) is 35.4 Å². The molecule has 1 aromatic rings. The average Bonchev–Trinajstić information content (AvgIpc) is 2.41. The average molecular weight is 275 g/mol. The first kappa shape index (κ1) is 15.5. The van der Waals surface area contributed by atoms with Crippen LogP contribution in [0.15, 0.2) is 24.3 Å². The minimum atomic E-state index is -0.0607. The maximum atomic E-state index is 6.49. The summed E-state index contributed by atoms with van der Waals surface area (Å²) >= 11 is 0. The Kier molecular flexibility index (Phi) is 4.87. The largest absolute Gasteiger partial charge is 0.364 e. The smallest absolute Gasteiger partial charge is 0.0983 e. The van der Waals surface area contributed by atoms with Gasteiger partial charge in [0.1, 0.15) is 0 Å². The number of rotatable bonds is 4. The Morgan fingerprint density at radius 3 is 2.50 bits per heavy atom. The van der Waals surface area contributed by atoms with Crippen LogP contribution in [0, 0.1) is 5.92 Å². The van der Waals surface area contributed by atoms with Gasteiger partial charge >= 0.3 is 0 Å². The Morgan fingerprint density at radius 1 is 1.30 bits per heavy atom. The first-order chi connectivity index (χ1) is 9.43. The molecule has 2 heteroatoms. The lowest BCUT2D eigenvalue weighted by molar-refractivity contribution is -0.133. The van der Waals surface area contributed by atoms with Gasteiger partial charge in [-0.15, -0.1) is 0 Å². The van der Waals surface area contributed by atoms with Crippen molar-refractivity contribution in [1.29, 1.82) is 0 Å². The normalized spacial score (nSPS) is 30.7. The molecule has 1 aromatic carbocycles. The number of hydrogen-bond donors (Lipinski definition) is 1. The van der Waals surface area contributed by atoms with Gasteiger partial charge in [0.15, 0.2) is 0 Å². The van der Waals surface area contributed by atoms with Gasteiger partial charge < -0.3 is 10.1 Å². The van der Waals surface area contributed by atoms with Crippen molar-refractivity contribution >= 4 is 0 Å². The lowest BCUT2D eigenvalue weighted by Gasteiger charge is -2.44. The molecule has 2 rings (SSSR count). The maximum Gasteiger partial charge on any atom is 0.0983 e. The third-order valence-electron chi connectivity index (χ3n) is 4.22. The molecule has 0 aliphatic carbocycles. The van der Waals surface area contributed by atoms with Crippen molar-refractivity contribution in [1.82, 2.24) is 5.32 Å². The molecule has 0 amide bonds. The van der Waals surface area contributed by atoms with Gasteiger partial charge in [-0.1, -0.05) is 45.0 Å². The third-order valence-corrected chi connectivity index (χ3v) is 4.22. The molecule has 1 fully saturated rings. The Bertz CT molecular complexity index is 426. The molecule has 2 nitrogen and oxygen atoms in total. The van der Waals surface area contributed by atoms with Crippen molar-refractivity contribution < 1.29 is 4.74 Å². The van der Waals surface area contributed by atoms with Gasteiger partial charge in [-0.25, -0.2) is 0 Å². The summed E-state index contributed by atoms with van der Waals surface area (Å²) in [5.41, 5.74) is 2.61. The van der Waals surface area contributed by atoms with Crippen molar-refractivity contribution in [2.45, 2.75) is 65.2 Å². The van der Waals surface area contributed by atoms with E-state index in [0.29, 0.717) is 12.0 Å². The molecular formula is C18H29NO. The topological polar surface area (TPSA) is 21.3 Å². The first-order valence-corrected chi connectivity index (χ1v) is 7.93. The fraction of sp³-hybridized carbons (Fsp3) is 0.667. The van der Waals surface area contributed by atoms with Gasteiger partial charge in [-0.3, -0.25) is 0 Å². The number of benzene rings is 1. The van der Waals surface area contributed by atoms with E-state index in [0.717, 1.165) is 19.4 Å². The molecule has 112 valence electrons. The van der Waals surface area contributed by atoms with E-state index in [1.807, 2.05) is 0 Å².